The van der Waals surface area contributed by atoms with E-state index < -0.39 is 16.2 Å². The molecular weight excluding hydrogens is 288 g/mol. The Bertz CT molecular complexity index is 599. The molecule has 0 aromatic heterocycles. The van der Waals surface area contributed by atoms with Gasteiger partial charge in [-0.3, -0.25) is 10.1 Å². The van der Waals surface area contributed by atoms with Gasteiger partial charge in [-0.1, -0.05) is 6.07 Å². The van der Waals surface area contributed by atoms with Gasteiger partial charge in [-0.2, -0.15) is 8.42 Å². The minimum atomic E-state index is -4.28. The Morgan fingerprint density at radius 3 is 2.70 bits per heavy atom. The van der Waals surface area contributed by atoms with E-state index in [1.807, 2.05) is 0 Å². The van der Waals surface area contributed by atoms with E-state index in [-0.39, 0.29) is 17.9 Å². The van der Waals surface area contributed by atoms with Crippen molar-refractivity contribution in [3.63, 3.8) is 0 Å². The van der Waals surface area contributed by atoms with Crippen molar-refractivity contribution in [3.05, 3.63) is 23.8 Å². The number of carbonyl (C=O) groups is 2. The van der Waals surface area contributed by atoms with E-state index in [0.717, 1.165) is 0 Å². The van der Waals surface area contributed by atoms with Crippen LogP contribution in [0.1, 0.15) is 12.5 Å². The molecule has 1 aromatic rings. The van der Waals surface area contributed by atoms with Crippen molar-refractivity contribution in [3.8, 4) is 0 Å². The number of aryl methyl sites for hydroxylation is 1. The number of anilines is 2. The summed E-state index contributed by atoms with van der Waals surface area (Å²) in [6.45, 7) is 3.58. The highest BCUT2D eigenvalue weighted by Crippen LogP contribution is 2.20. The summed E-state index contributed by atoms with van der Waals surface area (Å²) in [7, 11) is -4.28. The molecule has 0 aliphatic carbocycles. The molecule has 8 nitrogen and oxygen atoms in total. The Morgan fingerprint density at radius 1 is 1.40 bits per heavy atom. The average molecular weight is 302 g/mol. The van der Waals surface area contributed by atoms with Gasteiger partial charge in [0.15, 0.2) is 0 Å². The van der Waals surface area contributed by atoms with E-state index in [1.165, 1.54) is 6.07 Å². The number of amides is 1. The molecule has 110 valence electrons. The lowest BCUT2D eigenvalue weighted by molar-refractivity contribution is 0.168. The summed E-state index contributed by atoms with van der Waals surface area (Å²) in [5.41, 5.74) is 3.13. The molecule has 0 aliphatic heterocycles. The number of hydrogen-bond donors (Lipinski definition) is 2. The number of benzene rings is 1. The summed E-state index contributed by atoms with van der Waals surface area (Å²) in [4.78, 5) is 21.4. The standard InChI is InChI=1S/C11H14N2O6S/c1-3-18-11(15)12-9-5-4-8(2)10(6-9)13-19-20(16,17)7-14/h4-7,13H,3H2,1-2H3,(H,12,15). The first-order chi connectivity index (χ1) is 9.38. The lowest BCUT2D eigenvalue weighted by Gasteiger charge is -2.10. The van der Waals surface area contributed by atoms with Crippen LogP contribution in [0.3, 0.4) is 0 Å². The van der Waals surface area contributed by atoms with Crippen LogP contribution in [-0.4, -0.2) is 26.7 Å². The van der Waals surface area contributed by atoms with Gasteiger partial charge >= 0.3 is 16.2 Å². The fourth-order valence-corrected chi connectivity index (χ4v) is 1.46. The first-order valence-corrected chi connectivity index (χ1v) is 7.04. The van der Waals surface area contributed by atoms with Crippen molar-refractivity contribution in [1.29, 1.82) is 0 Å². The van der Waals surface area contributed by atoms with Gasteiger partial charge in [0, 0.05) is 5.69 Å². The zero-order valence-corrected chi connectivity index (χ0v) is 11.7. The van der Waals surface area contributed by atoms with Crippen LogP contribution in [0.2, 0.25) is 0 Å². The maximum absolute atomic E-state index is 11.2. The highest BCUT2D eigenvalue weighted by molar-refractivity contribution is 8.00. The molecular formula is C11H14N2O6S. The van der Waals surface area contributed by atoms with Crippen molar-refractivity contribution in [2.75, 3.05) is 17.4 Å². The number of ether oxygens (including phenoxy) is 1. The first kappa shape index (κ1) is 15.9. The SMILES string of the molecule is CCOC(=O)Nc1ccc(C)c(NOS(=O)(=O)C=O)c1. The molecule has 20 heavy (non-hydrogen) atoms. The van der Waals surface area contributed by atoms with Gasteiger partial charge in [-0.15, -0.1) is 4.28 Å². The molecule has 0 saturated carbocycles. The molecule has 2 N–H and O–H groups in total. The second-order valence-electron chi connectivity index (χ2n) is 3.65. The van der Waals surface area contributed by atoms with E-state index in [0.29, 0.717) is 11.3 Å². The minimum absolute atomic E-state index is 0.226. The van der Waals surface area contributed by atoms with Crippen molar-refractivity contribution < 1.29 is 27.0 Å². The summed E-state index contributed by atoms with van der Waals surface area (Å²) in [6, 6.07) is 4.67. The van der Waals surface area contributed by atoms with Crippen LogP contribution in [0.25, 0.3) is 0 Å². The highest BCUT2D eigenvalue weighted by atomic mass is 32.2. The molecule has 0 atom stereocenters. The molecule has 1 amide bonds. The molecule has 0 heterocycles. The molecule has 9 heteroatoms. The number of nitrogens with one attached hydrogen (secondary N) is 2. The number of carbonyl (C=O) groups excluding carboxylic acids is 2. The van der Waals surface area contributed by atoms with Gasteiger partial charge in [-0.05, 0) is 31.5 Å². The van der Waals surface area contributed by atoms with Crippen molar-refractivity contribution >= 4 is 33.2 Å². The molecule has 0 fully saturated rings. The molecule has 0 bridgehead atoms. The Labute approximate surface area is 116 Å². The Morgan fingerprint density at radius 2 is 2.10 bits per heavy atom. The average Bonchev–Trinajstić information content (AvgIpc) is 2.40. The van der Waals surface area contributed by atoms with Crippen LogP contribution in [0.5, 0.6) is 0 Å². The second kappa shape index (κ2) is 6.87. The van der Waals surface area contributed by atoms with Crippen LogP contribution in [0.15, 0.2) is 18.2 Å². The zero-order chi connectivity index (χ0) is 15.2. The van der Waals surface area contributed by atoms with Gasteiger partial charge < -0.3 is 4.74 Å². The fourth-order valence-electron chi connectivity index (χ4n) is 1.22. The second-order valence-corrected chi connectivity index (χ2v) is 4.99. The molecule has 1 rings (SSSR count). The summed E-state index contributed by atoms with van der Waals surface area (Å²) < 4.78 is 30.7. The maximum atomic E-state index is 11.2. The molecule has 0 aliphatic rings. The highest BCUT2D eigenvalue weighted by Gasteiger charge is 2.11. The van der Waals surface area contributed by atoms with Crippen molar-refractivity contribution in [2.24, 2.45) is 0 Å². The van der Waals surface area contributed by atoms with Crippen LogP contribution < -0.4 is 10.8 Å². The molecule has 0 saturated heterocycles. The monoisotopic (exact) mass is 302 g/mol. The van der Waals surface area contributed by atoms with Crippen molar-refractivity contribution in [1.82, 2.24) is 0 Å². The quantitative estimate of drug-likeness (QED) is 0.604. The lowest BCUT2D eigenvalue weighted by atomic mass is 10.2. The predicted molar refractivity (Wildman–Crippen MR) is 72.2 cm³/mol. The Hall–Kier alpha value is -2.13. The Balaban J connectivity index is 2.81. The third kappa shape index (κ3) is 4.86. The van der Waals surface area contributed by atoms with Gasteiger partial charge in [-0.25, -0.2) is 10.3 Å². The van der Waals surface area contributed by atoms with Crippen LogP contribution in [0, 0.1) is 6.92 Å². The molecule has 0 unspecified atom stereocenters. The van der Waals surface area contributed by atoms with E-state index in [4.69, 9.17) is 4.74 Å². The zero-order valence-electron chi connectivity index (χ0n) is 10.9. The third-order valence-electron chi connectivity index (χ3n) is 2.15. The minimum Gasteiger partial charge on any atom is -0.450 e. The Kier molecular flexibility index (Phi) is 5.47. The van der Waals surface area contributed by atoms with Gasteiger partial charge in [0.2, 0.25) is 0 Å². The summed E-state index contributed by atoms with van der Waals surface area (Å²) in [5, 5.41) is 2.45. The van der Waals surface area contributed by atoms with E-state index in [1.54, 1.807) is 26.0 Å². The van der Waals surface area contributed by atoms with E-state index in [9.17, 15) is 18.0 Å². The van der Waals surface area contributed by atoms with E-state index in [2.05, 4.69) is 15.1 Å². The first-order valence-electron chi connectivity index (χ1n) is 5.57. The maximum Gasteiger partial charge on any atom is 0.411 e. The van der Waals surface area contributed by atoms with Gasteiger partial charge in [0.1, 0.15) is 0 Å². The molecule has 0 spiro atoms. The smallest absolute Gasteiger partial charge is 0.411 e. The predicted octanol–water partition coefficient (Wildman–Crippen LogP) is 1.43. The lowest BCUT2D eigenvalue weighted by Crippen LogP contribution is -2.15. The summed E-state index contributed by atoms with van der Waals surface area (Å²) >= 11 is 0. The van der Waals surface area contributed by atoms with Crippen molar-refractivity contribution in [2.45, 2.75) is 13.8 Å². The largest absolute Gasteiger partial charge is 0.450 e. The molecule has 0 radical (unpaired) electrons. The van der Waals surface area contributed by atoms with Gasteiger partial charge in [0.05, 0.1) is 12.3 Å². The topological polar surface area (TPSA) is 111 Å². The van der Waals surface area contributed by atoms with Gasteiger partial charge in [0.25, 0.3) is 5.62 Å². The third-order valence-corrected chi connectivity index (χ3v) is 2.70. The van der Waals surface area contributed by atoms with Crippen LogP contribution in [-0.2, 0) is 23.9 Å². The van der Waals surface area contributed by atoms with E-state index >= 15 is 0 Å². The number of hydrogen-bond acceptors (Lipinski definition) is 7. The van der Waals surface area contributed by atoms with Crippen LogP contribution in [0.4, 0.5) is 16.2 Å². The van der Waals surface area contributed by atoms with Crippen LogP contribution >= 0.6 is 0 Å². The summed E-state index contributed by atoms with van der Waals surface area (Å²) in [6.07, 6.45) is -0.635. The summed E-state index contributed by atoms with van der Waals surface area (Å²) in [5.74, 6) is 0. The number of rotatable bonds is 6. The molecule has 1 aromatic carbocycles. The normalized spacial score (nSPS) is 10.7. The fraction of sp³-hybridized carbons (Fsp3) is 0.273.